The lowest BCUT2D eigenvalue weighted by atomic mass is 9.83. The summed E-state index contributed by atoms with van der Waals surface area (Å²) in [5.74, 6) is 3.16. The van der Waals surface area contributed by atoms with Crippen LogP contribution in [0, 0.1) is 19.3 Å². The Bertz CT molecular complexity index is 551. The standard InChI is InChI=1S/C18H23NO2/c1-4-12-21-16-9-8-15(13-14(16)2)17(20)19-18(3)10-6-5-7-11-18/h1,8-9,13H,5-7,10-12H2,2-3H3,(H,19,20). The highest BCUT2D eigenvalue weighted by Crippen LogP contribution is 2.28. The maximum absolute atomic E-state index is 12.4. The van der Waals surface area contributed by atoms with E-state index in [1.807, 2.05) is 19.1 Å². The lowest BCUT2D eigenvalue weighted by Gasteiger charge is -2.34. The lowest BCUT2D eigenvalue weighted by molar-refractivity contribution is 0.0882. The maximum Gasteiger partial charge on any atom is 0.251 e. The van der Waals surface area contributed by atoms with Crippen molar-refractivity contribution in [3.05, 3.63) is 29.3 Å². The van der Waals surface area contributed by atoms with Gasteiger partial charge < -0.3 is 10.1 Å². The molecular weight excluding hydrogens is 262 g/mol. The molecule has 3 nitrogen and oxygen atoms in total. The summed E-state index contributed by atoms with van der Waals surface area (Å²) in [5, 5.41) is 3.19. The minimum atomic E-state index is -0.0676. The number of hydrogen-bond acceptors (Lipinski definition) is 2. The first-order valence-electron chi connectivity index (χ1n) is 7.53. The minimum Gasteiger partial charge on any atom is -0.481 e. The average molecular weight is 285 g/mol. The van der Waals surface area contributed by atoms with Gasteiger partial charge in [0.2, 0.25) is 0 Å². The number of aryl methyl sites for hydroxylation is 1. The molecule has 0 spiro atoms. The first-order valence-corrected chi connectivity index (χ1v) is 7.53. The lowest BCUT2D eigenvalue weighted by Crippen LogP contribution is -2.47. The van der Waals surface area contributed by atoms with Crippen molar-refractivity contribution in [2.45, 2.75) is 51.5 Å². The predicted octanol–water partition coefficient (Wildman–Crippen LogP) is 3.46. The van der Waals surface area contributed by atoms with E-state index >= 15 is 0 Å². The first kappa shape index (κ1) is 15.4. The van der Waals surface area contributed by atoms with Gasteiger partial charge in [-0.25, -0.2) is 0 Å². The zero-order valence-electron chi connectivity index (χ0n) is 12.9. The third-order valence-electron chi connectivity index (χ3n) is 4.12. The second kappa shape index (κ2) is 6.67. The Morgan fingerprint density at radius 3 is 2.71 bits per heavy atom. The number of nitrogens with one attached hydrogen (secondary N) is 1. The van der Waals surface area contributed by atoms with Crippen LogP contribution in [0.2, 0.25) is 0 Å². The SMILES string of the molecule is C#CCOc1ccc(C(=O)NC2(C)CCCCC2)cc1C. The highest BCUT2D eigenvalue weighted by Gasteiger charge is 2.28. The molecule has 1 saturated carbocycles. The zero-order valence-corrected chi connectivity index (χ0v) is 12.9. The molecule has 112 valence electrons. The van der Waals surface area contributed by atoms with E-state index in [2.05, 4.69) is 18.2 Å². The van der Waals surface area contributed by atoms with Gasteiger partial charge >= 0.3 is 0 Å². The van der Waals surface area contributed by atoms with Crippen LogP contribution in [-0.4, -0.2) is 18.1 Å². The van der Waals surface area contributed by atoms with Crippen molar-refractivity contribution in [1.29, 1.82) is 0 Å². The summed E-state index contributed by atoms with van der Waals surface area (Å²) in [6, 6.07) is 5.46. The zero-order chi connectivity index (χ0) is 15.3. The van der Waals surface area contributed by atoms with Crippen molar-refractivity contribution in [3.63, 3.8) is 0 Å². The molecule has 21 heavy (non-hydrogen) atoms. The molecule has 0 atom stereocenters. The van der Waals surface area contributed by atoms with Gasteiger partial charge in [0.1, 0.15) is 12.4 Å². The third kappa shape index (κ3) is 4.01. The van der Waals surface area contributed by atoms with E-state index in [1.165, 1.54) is 19.3 Å². The number of amides is 1. The Labute approximate surface area is 127 Å². The van der Waals surface area contributed by atoms with Crippen LogP contribution >= 0.6 is 0 Å². The fourth-order valence-corrected chi connectivity index (χ4v) is 2.88. The van der Waals surface area contributed by atoms with Gasteiger partial charge in [0.25, 0.3) is 5.91 Å². The molecule has 0 radical (unpaired) electrons. The van der Waals surface area contributed by atoms with Crippen LogP contribution < -0.4 is 10.1 Å². The van der Waals surface area contributed by atoms with Crippen LogP contribution in [0.3, 0.4) is 0 Å². The molecule has 0 saturated heterocycles. The van der Waals surface area contributed by atoms with Crippen LogP contribution in [0.15, 0.2) is 18.2 Å². The van der Waals surface area contributed by atoms with Gasteiger partial charge in [0.05, 0.1) is 0 Å². The van der Waals surface area contributed by atoms with Gasteiger partial charge in [0.15, 0.2) is 0 Å². The molecule has 1 fully saturated rings. The average Bonchev–Trinajstić information content (AvgIpc) is 2.46. The normalized spacial score (nSPS) is 16.8. The molecule has 1 aliphatic carbocycles. The minimum absolute atomic E-state index is 0.00833. The van der Waals surface area contributed by atoms with Crippen molar-refractivity contribution >= 4 is 5.91 Å². The second-order valence-electron chi connectivity index (χ2n) is 6.05. The van der Waals surface area contributed by atoms with Crippen LogP contribution in [-0.2, 0) is 0 Å². The molecular formula is C18H23NO2. The summed E-state index contributed by atoms with van der Waals surface area (Å²) in [6.45, 7) is 4.30. The number of carbonyl (C=O) groups is 1. The van der Waals surface area contributed by atoms with Crippen molar-refractivity contribution in [2.75, 3.05) is 6.61 Å². The van der Waals surface area contributed by atoms with E-state index in [0.29, 0.717) is 5.56 Å². The summed E-state index contributed by atoms with van der Waals surface area (Å²) in [7, 11) is 0. The quantitative estimate of drug-likeness (QED) is 0.860. The summed E-state index contributed by atoms with van der Waals surface area (Å²) in [4.78, 5) is 12.4. The van der Waals surface area contributed by atoms with E-state index in [9.17, 15) is 4.79 Å². The topological polar surface area (TPSA) is 38.3 Å². The summed E-state index contributed by atoms with van der Waals surface area (Å²) in [6.07, 6.45) is 10.9. The van der Waals surface area contributed by atoms with Gasteiger partial charge in [0, 0.05) is 11.1 Å². The largest absolute Gasteiger partial charge is 0.481 e. The van der Waals surface area contributed by atoms with Gasteiger partial charge in [-0.05, 0) is 50.5 Å². The van der Waals surface area contributed by atoms with Crippen molar-refractivity contribution in [1.82, 2.24) is 5.32 Å². The van der Waals surface area contributed by atoms with E-state index < -0.39 is 0 Å². The molecule has 3 heteroatoms. The van der Waals surface area contributed by atoms with E-state index in [-0.39, 0.29) is 18.1 Å². The van der Waals surface area contributed by atoms with Crippen LogP contribution in [0.25, 0.3) is 0 Å². The number of rotatable bonds is 4. The Morgan fingerprint density at radius 2 is 2.10 bits per heavy atom. The third-order valence-corrected chi connectivity index (χ3v) is 4.12. The number of hydrogen-bond donors (Lipinski definition) is 1. The molecule has 0 bridgehead atoms. The summed E-state index contributed by atoms with van der Waals surface area (Å²) < 4.78 is 5.42. The smallest absolute Gasteiger partial charge is 0.251 e. The maximum atomic E-state index is 12.4. The van der Waals surface area contributed by atoms with Crippen molar-refractivity contribution < 1.29 is 9.53 Å². The molecule has 2 rings (SSSR count). The number of terminal acetylenes is 1. The molecule has 0 heterocycles. The fourth-order valence-electron chi connectivity index (χ4n) is 2.88. The Morgan fingerprint density at radius 1 is 1.38 bits per heavy atom. The monoisotopic (exact) mass is 285 g/mol. The van der Waals surface area contributed by atoms with Crippen LogP contribution in [0.5, 0.6) is 5.75 Å². The Hall–Kier alpha value is -1.95. The predicted molar refractivity (Wildman–Crippen MR) is 84.5 cm³/mol. The molecule has 0 aliphatic heterocycles. The highest BCUT2D eigenvalue weighted by molar-refractivity contribution is 5.95. The number of benzene rings is 1. The molecule has 1 amide bonds. The van der Waals surface area contributed by atoms with E-state index in [0.717, 1.165) is 24.2 Å². The van der Waals surface area contributed by atoms with Gasteiger partial charge in [-0.1, -0.05) is 25.2 Å². The number of carbonyl (C=O) groups excluding carboxylic acids is 1. The molecule has 1 aromatic carbocycles. The highest BCUT2D eigenvalue weighted by atomic mass is 16.5. The Balaban J connectivity index is 2.05. The van der Waals surface area contributed by atoms with Gasteiger partial charge in [-0.2, -0.15) is 0 Å². The Kier molecular flexibility index (Phi) is 4.90. The van der Waals surface area contributed by atoms with Crippen LogP contribution in [0.4, 0.5) is 0 Å². The van der Waals surface area contributed by atoms with Crippen LogP contribution in [0.1, 0.15) is 54.9 Å². The molecule has 0 aromatic heterocycles. The molecule has 0 unspecified atom stereocenters. The first-order chi connectivity index (χ1) is 10.0. The number of ether oxygens (including phenoxy) is 1. The van der Waals surface area contributed by atoms with Crippen molar-refractivity contribution in [2.24, 2.45) is 0 Å². The van der Waals surface area contributed by atoms with Gasteiger partial charge in [-0.15, -0.1) is 6.42 Å². The molecule has 1 aromatic rings. The van der Waals surface area contributed by atoms with Gasteiger partial charge in [-0.3, -0.25) is 4.79 Å². The summed E-state index contributed by atoms with van der Waals surface area (Å²) in [5.41, 5.74) is 1.53. The molecule has 1 aliphatic rings. The van der Waals surface area contributed by atoms with E-state index in [1.54, 1.807) is 6.07 Å². The fraction of sp³-hybridized carbons (Fsp3) is 0.500. The van der Waals surface area contributed by atoms with E-state index in [4.69, 9.17) is 11.2 Å². The molecule has 1 N–H and O–H groups in total. The second-order valence-corrected chi connectivity index (χ2v) is 6.05. The summed E-state index contributed by atoms with van der Waals surface area (Å²) >= 11 is 0. The van der Waals surface area contributed by atoms with Crippen molar-refractivity contribution in [3.8, 4) is 18.1 Å².